The van der Waals surface area contributed by atoms with Crippen LogP contribution < -0.4 is 5.32 Å². The van der Waals surface area contributed by atoms with Crippen molar-refractivity contribution in [3.63, 3.8) is 0 Å². The Morgan fingerprint density at radius 2 is 2.11 bits per heavy atom. The second kappa shape index (κ2) is 8.52. The summed E-state index contributed by atoms with van der Waals surface area (Å²) in [7, 11) is 0. The number of piperidine rings is 1. The molecule has 1 N–H and O–H groups in total. The van der Waals surface area contributed by atoms with Crippen molar-refractivity contribution < 1.29 is 9.59 Å². The number of nitrogens with one attached hydrogen (secondary N) is 1. The van der Waals surface area contributed by atoms with Gasteiger partial charge in [-0.1, -0.05) is 30.7 Å². The molecule has 2 heterocycles. The molecular formula is C19H24ClN5O2. The Labute approximate surface area is 163 Å². The molecule has 1 atom stereocenters. The standard InChI is InChI=1S/C19H24ClN5O2/c1-3-10-21-18(26)14-7-6-11-24(12-14)19(27)17-22-13(2)25(23-17)16-9-5-4-8-15(16)20/h4-5,8-9,14H,3,6-7,10-12H2,1-2H3,(H,21,26). The van der Waals surface area contributed by atoms with Gasteiger partial charge in [-0.15, -0.1) is 5.10 Å². The summed E-state index contributed by atoms with van der Waals surface area (Å²) in [5.41, 5.74) is 0.679. The first kappa shape index (κ1) is 19.4. The Morgan fingerprint density at radius 3 is 2.85 bits per heavy atom. The van der Waals surface area contributed by atoms with E-state index in [4.69, 9.17) is 11.6 Å². The van der Waals surface area contributed by atoms with Crippen LogP contribution in [0.25, 0.3) is 5.69 Å². The quantitative estimate of drug-likeness (QED) is 0.852. The molecule has 144 valence electrons. The molecule has 1 aromatic carbocycles. The van der Waals surface area contributed by atoms with E-state index in [0.717, 1.165) is 19.3 Å². The molecule has 1 saturated heterocycles. The lowest BCUT2D eigenvalue weighted by molar-refractivity contribution is -0.126. The predicted molar refractivity (Wildman–Crippen MR) is 103 cm³/mol. The monoisotopic (exact) mass is 389 g/mol. The lowest BCUT2D eigenvalue weighted by Gasteiger charge is -2.31. The maximum atomic E-state index is 12.9. The highest BCUT2D eigenvalue weighted by Crippen LogP contribution is 2.22. The SMILES string of the molecule is CCCNC(=O)C1CCCN(C(=O)c2nc(C)n(-c3ccccc3Cl)n2)C1. The van der Waals surface area contributed by atoms with E-state index in [2.05, 4.69) is 15.4 Å². The van der Waals surface area contributed by atoms with Crippen molar-refractivity contribution in [2.75, 3.05) is 19.6 Å². The molecule has 1 aliphatic heterocycles. The van der Waals surface area contributed by atoms with Crippen LogP contribution in [0.2, 0.25) is 5.02 Å². The van der Waals surface area contributed by atoms with Gasteiger partial charge < -0.3 is 10.2 Å². The van der Waals surface area contributed by atoms with E-state index < -0.39 is 0 Å². The number of hydrogen-bond acceptors (Lipinski definition) is 4. The Bertz CT molecular complexity index is 835. The van der Waals surface area contributed by atoms with Gasteiger partial charge in [0.05, 0.1) is 16.6 Å². The number of likely N-dealkylation sites (tertiary alicyclic amines) is 1. The second-order valence-electron chi connectivity index (χ2n) is 6.73. The van der Waals surface area contributed by atoms with Gasteiger partial charge in [-0.05, 0) is 38.3 Å². The van der Waals surface area contributed by atoms with E-state index in [0.29, 0.717) is 36.2 Å². The van der Waals surface area contributed by atoms with Crippen LogP contribution in [0, 0.1) is 12.8 Å². The van der Waals surface area contributed by atoms with Crippen molar-refractivity contribution in [3.05, 3.63) is 40.9 Å². The van der Waals surface area contributed by atoms with Crippen molar-refractivity contribution in [2.24, 2.45) is 5.92 Å². The number of hydrogen-bond donors (Lipinski definition) is 1. The fraction of sp³-hybridized carbons (Fsp3) is 0.474. The van der Waals surface area contributed by atoms with Crippen LogP contribution in [-0.4, -0.2) is 51.1 Å². The number of aryl methyl sites for hydroxylation is 1. The van der Waals surface area contributed by atoms with Crippen LogP contribution in [0.1, 0.15) is 42.6 Å². The highest BCUT2D eigenvalue weighted by Gasteiger charge is 2.30. The van der Waals surface area contributed by atoms with Gasteiger partial charge in [-0.25, -0.2) is 9.67 Å². The van der Waals surface area contributed by atoms with Gasteiger partial charge in [-0.3, -0.25) is 9.59 Å². The molecule has 0 saturated carbocycles. The first-order chi connectivity index (χ1) is 13.0. The zero-order valence-corrected chi connectivity index (χ0v) is 16.4. The van der Waals surface area contributed by atoms with Gasteiger partial charge in [-0.2, -0.15) is 0 Å². The summed E-state index contributed by atoms with van der Waals surface area (Å²) in [6.45, 7) is 5.46. The number of para-hydroxylation sites is 1. The smallest absolute Gasteiger partial charge is 0.293 e. The number of aromatic nitrogens is 3. The molecule has 1 unspecified atom stereocenters. The summed E-state index contributed by atoms with van der Waals surface area (Å²) >= 11 is 6.24. The lowest BCUT2D eigenvalue weighted by Crippen LogP contribution is -2.45. The summed E-state index contributed by atoms with van der Waals surface area (Å²) in [4.78, 5) is 31.1. The minimum atomic E-state index is -0.253. The van der Waals surface area contributed by atoms with Gasteiger partial charge in [0.1, 0.15) is 5.82 Å². The van der Waals surface area contributed by atoms with Gasteiger partial charge >= 0.3 is 0 Å². The fourth-order valence-electron chi connectivity index (χ4n) is 3.24. The third kappa shape index (κ3) is 4.30. The minimum Gasteiger partial charge on any atom is -0.356 e. The molecule has 2 amide bonds. The molecular weight excluding hydrogens is 366 g/mol. The Balaban J connectivity index is 1.75. The largest absolute Gasteiger partial charge is 0.356 e. The van der Waals surface area contributed by atoms with Gasteiger partial charge in [0.15, 0.2) is 0 Å². The molecule has 2 aromatic rings. The predicted octanol–water partition coefficient (Wildman–Crippen LogP) is 2.61. The normalized spacial score (nSPS) is 17.0. The summed E-state index contributed by atoms with van der Waals surface area (Å²) in [6.07, 6.45) is 2.48. The molecule has 1 aliphatic rings. The van der Waals surface area contributed by atoms with Crippen molar-refractivity contribution in [3.8, 4) is 5.69 Å². The van der Waals surface area contributed by atoms with Crippen molar-refractivity contribution in [2.45, 2.75) is 33.1 Å². The van der Waals surface area contributed by atoms with Crippen LogP contribution in [0.15, 0.2) is 24.3 Å². The third-order valence-corrected chi connectivity index (χ3v) is 4.99. The number of carbonyl (C=O) groups excluding carboxylic acids is 2. The minimum absolute atomic E-state index is 0.0140. The van der Waals surface area contributed by atoms with Crippen molar-refractivity contribution in [1.29, 1.82) is 0 Å². The first-order valence-electron chi connectivity index (χ1n) is 9.26. The van der Waals surface area contributed by atoms with Gasteiger partial charge in [0.2, 0.25) is 11.7 Å². The number of carbonyl (C=O) groups is 2. The first-order valence-corrected chi connectivity index (χ1v) is 9.64. The number of benzene rings is 1. The molecule has 1 aromatic heterocycles. The lowest BCUT2D eigenvalue weighted by atomic mass is 9.97. The highest BCUT2D eigenvalue weighted by atomic mass is 35.5. The number of nitrogens with zero attached hydrogens (tertiary/aromatic N) is 4. The molecule has 0 aliphatic carbocycles. The molecule has 0 bridgehead atoms. The number of halogens is 1. The molecule has 0 spiro atoms. The Kier molecular flexibility index (Phi) is 6.11. The van der Waals surface area contributed by atoms with E-state index in [-0.39, 0.29) is 23.6 Å². The van der Waals surface area contributed by atoms with E-state index in [9.17, 15) is 9.59 Å². The number of rotatable bonds is 5. The topological polar surface area (TPSA) is 80.1 Å². The van der Waals surface area contributed by atoms with Gasteiger partial charge in [0, 0.05) is 19.6 Å². The van der Waals surface area contributed by atoms with Crippen LogP contribution in [0.4, 0.5) is 0 Å². The Morgan fingerprint density at radius 1 is 1.33 bits per heavy atom. The van der Waals surface area contributed by atoms with Crippen LogP contribution in [-0.2, 0) is 4.79 Å². The van der Waals surface area contributed by atoms with Crippen LogP contribution >= 0.6 is 11.6 Å². The maximum Gasteiger partial charge on any atom is 0.293 e. The van der Waals surface area contributed by atoms with Crippen LogP contribution in [0.3, 0.4) is 0 Å². The molecule has 27 heavy (non-hydrogen) atoms. The zero-order valence-electron chi connectivity index (χ0n) is 15.6. The van der Waals surface area contributed by atoms with E-state index >= 15 is 0 Å². The van der Waals surface area contributed by atoms with Gasteiger partial charge in [0.25, 0.3) is 5.91 Å². The second-order valence-corrected chi connectivity index (χ2v) is 7.13. The Hall–Kier alpha value is -2.41. The van der Waals surface area contributed by atoms with Crippen molar-refractivity contribution in [1.82, 2.24) is 25.0 Å². The van der Waals surface area contributed by atoms with E-state index in [1.165, 1.54) is 0 Å². The van der Waals surface area contributed by atoms with Crippen molar-refractivity contribution >= 4 is 23.4 Å². The average Bonchev–Trinajstić information content (AvgIpc) is 3.07. The molecule has 1 fully saturated rings. The molecule has 0 radical (unpaired) electrons. The summed E-state index contributed by atoms with van der Waals surface area (Å²) < 4.78 is 1.57. The van der Waals surface area contributed by atoms with E-state index in [1.807, 2.05) is 25.1 Å². The molecule has 7 nitrogen and oxygen atoms in total. The summed E-state index contributed by atoms with van der Waals surface area (Å²) in [6, 6.07) is 7.28. The zero-order chi connectivity index (χ0) is 19.4. The highest BCUT2D eigenvalue weighted by molar-refractivity contribution is 6.32. The average molecular weight is 390 g/mol. The van der Waals surface area contributed by atoms with E-state index in [1.54, 1.807) is 22.6 Å². The summed E-state index contributed by atoms with van der Waals surface area (Å²) in [5, 5.41) is 7.82. The molecule has 3 rings (SSSR count). The fourth-order valence-corrected chi connectivity index (χ4v) is 3.46. The maximum absolute atomic E-state index is 12.9. The van der Waals surface area contributed by atoms with Crippen LogP contribution in [0.5, 0.6) is 0 Å². The number of amides is 2. The third-order valence-electron chi connectivity index (χ3n) is 4.67. The molecule has 8 heteroatoms. The summed E-state index contributed by atoms with van der Waals surface area (Å²) in [5.74, 6) is 0.292.